The van der Waals surface area contributed by atoms with Crippen LogP contribution in [-0.2, 0) is 21.0 Å². The Morgan fingerprint density at radius 2 is 2.06 bits per heavy atom. The van der Waals surface area contributed by atoms with E-state index >= 15 is 0 Å². The summed E-state index contributed by atoms with van der Waals surface area (Å²) in [6, 6.07) is 2.97. The van der Waals surface area contributed by atoms with Crippen LogP contribution in [0.2, 0.25) is 5.02 Å². The summed E-state index contributed by atoms with van der Waals surface area (Å²) < 4.78 is 13.4. The lowest BCUT2D eigenvalue weighted by atomic mass is 10.2. The molecule has 0 aliphatic carbocycles. The number of hydroxylamine groups is 2. The second kappa shape index (κ2) is 4.71. The highest BCUT2D eigenvalue weighted by Gasteiger charge is 2.38. The lowest BCUT2D eigenvalue weighted by Gasteiger charge is -2.12. The van der Waals surface area contributed by atoms with Gasteiger partial charge in [0, 0.05) is 10.6 Å². The molecule has 1 aromatic rings. The monoisotopic (exact) mass is 272 g/mol. The van der Waals surface area contributed by atoms with Crippen LogP contribution in [0.3, 0.4) is 0 Å². The Bertz CT molecular complexity index is 528. The molecule has 8 heteroatoms. The van der Waals surface area contributed by atoms with Crippen LogP contribution in [0.15, 0.2) is 18.2 Å². The minimum Gasteiger partial charge on any atom is -0.267 e. The number of urea groups is 1. The Morgan fingerprint density at radius 1 is 1.33 bits per heavy atom. The topological polar surface area (TPSA) is 75.7 Å². The van der Waals surface area contributed by atoms with Crippen molar-refractivity contribution in [3.63, 3.8) is 0 Å². The highest BCUT2D eigenvalue weighted by molar-refractivity contribution is 6.44. The molecule has 1 saturated heterocycles. The maximum Gasteiger partial charge on any atom is 0.356 e. The van der Waals surface area contributed by atoms with Gasteiger partial charge in [-0.25, -0.2) is 9.18 Å². The van der Waals surface area contributed by atoms with Crippen molar-refractivity contribution in [2.45, 2.75) is 6.61 Å². The van der Waals surface area contributed by atoms with E-state index in [4.69, 9.17) is 16.4 Å². The second-order valence-corrected chi connectivity index (χ2v) is 3.74. The smallest absolute Gasteiger partial charge is 0.267 e. The molecule has 2 rings (SSSR count). The predicted octanol–water partition coefficient (Wildman–Crippen LogP) is 0.989. The molecular weight excluding hydrogens is 267 g/mol. The number of benzene rings is 1. The zero-order chi connectivity index (χ0) is 13.3. The maximum atomic E-state index is 13.4. The van der Waals surface area contributed by atoms with E-state index in [0.29, 0.717) is 0 Å². The lowest BCUT2D eigenvalue weighted by molar-refractivity contribution is -0.169. The second-order valence-electron chi connectivity index (χ2n) is 3.33. The molecule has 0 aromatic heterocycles. The molecule has 6 nitrogen and oxygen atoms in total. The number of nitrogens with one attached hydrogen (secondary N) is 1. The van der Waals surface area contributed by atoms with Crippen LogP contribution in [0, 0.1) is 5.82 Å². The Hall–Kier alpha value is -1.99. The standard InChI is InChI=1S/C10H6ClFN2O4/c11-6-2-1-3-7(12)5(6)4-18-14-9(16)8(15)13-10(14)17/h1-3H,4H2,(H,13,15,17). The van der Waals surface area contributed by atoms with Crippen LogP contribution in [0.1, 0.15) is 5.56 Å². The van der Waals surface area contributed by atoms with E-state index in [1.54, 1.807) is 5.32 Å². The third-order valence-corrected chi connectivity index (χ3v) is 2.54. The normalized spacial score (nSPS) is 15.2. The highest BCUT2D eigenvalue weighted by atomic mass is 35.5. The molecule has 94 valence electrons. The van der Waals surface area contributed by atoms with Crippen molar-refractivity contribution in [1.29, 1.82) is 0 Å². The summed E-state index contributed by atoms with van der Waals surface area (Å²) in [4.78, 5) is 37.9. The third-order valence-electron chi connectivity index (χ3n) is 2.18. The molecule has 1 fully saturated rings. The number of nitrogens with zero attached hydrogens (tertiary/aromatic N) is 1. The van der Waals surface area contributed by atoms with E-state index in [-0.39, 0.29) is 15.6 Å². The van der Waals surface area contributed by atoms with Gasteiger partial charge in [0.25, 0.3) is 0 Å². The maximum absolute atomic E-state index is 13.4. The summed E-state index contributed by atoms with van der Waals surface area (Å²) in [5.74, 6) is -2.90. The molecule has 1 aromatic carbocycles. The van der Waals surface area contributed by atoms with Gasteiger partial charge in [0.2, 0.25) is 0 Å². The molecule has 18 heavy (non-hydrogen) atoms. The number of carbonyl (C=O) groups excluding carboxylic acids is 3. The molecule has 1 heterocycles. The van der Waals surface area contributed by atoms with Gasteiger partial charge in [0.15, 0.2) is 0 Å². The van der Waals surface area contributed by atoms with E-state index in [9.17, 15) is 18.8 Å². The number of amides is 4. The zero-order valence-electron chi connectivity index (χ0n) is 8.78. The summed E-state index contributed by atoms with van der Waals surface area (Å²) in [5, 5.41) is 2.05. The van der Waals surface area contributed by atoms with Gasteiger partial charge in [-0.1, -0.05) is 17.7 Å². The fraction of sp³-hybridized carbons (Fsp3) is 0.100. The Kier molecular flexibility index (Phi) is 3.26. The van der Waals surface area contributed by atoms with Crippen molar-refractivity contribution in [3.05, 3.63) is 34.6 Å². The van der Waals surface area contributed by atoms with Gasteiger partial charge in [-0.3, -0.25) is 19.7 Å². The fourth-order valence-corrected chi connectivity index (χ4v) is 1.52. The Morgan fingerprint density at radius 3 is 2.61 bits per heavy atom. The largest absolute Gasteiger partial charge is 0.356 e. The molecule has 0 unspecified atom stereocenters. The van der Waals surface area contributed by atoms with Gasteiger partial charge in [0.1, 0.15) is 12.4 Å². The van der Waals surface area contributed by atoms with E-state index in [0.717, 1.165) is 6.07 Å². The van der Waals surface area contributed by atoms with Gasteiger partial charge < -0.3 is 0 Å². The van der Waals surface area contributed by atoms with Crippen LogP contribution in [0.25, 0.3) is 0 Å². The summed E-state index contributed by atoms with van der Waals surface area (Å²) in [5.41, 5.74) is -0.0147. The molecule has 0 bridgehead atoms. The lowest BCUT2D eigenvalue weighted by Crippen LogP contribution is -2.31. The number of rotatable bonds is 3. The van der Waals surface area contributed by atoms with Crippen molar-refractivity contribution >= 4 is 29.4 Å². The van der Waals surface area contributed by atoms with E-state index < -0.39 is 30.3 Å². The molecule has 1 aliphatic rings. The molecule has 0 saturated carbocycles. The average molecular weight is 273 g/mol. The van der Waals surface area contributed by atoms with E-state index in [2.05, 4.69) is 0 Å². The van der Waals surface area contributed by atoms with Crippen LogP contribution in [0.4, 0.5) is 9.18 Å². The molecule has 0 spiro atoms. The van der Waals surface area contributed by atoms with Crippen molar-refractivity contribution in [2.75, 3.05) is 0 Å². The Balaban J connectivity index is 2.11. The first-order valence-electron chi connectivity index (χ1n) is 4.76. The molecule has 0 atom stereocenters. The summed E-state index contributed by atoms with van der Waals surface area (Å²) >= 11 is 5.73. The first-order valence-corrected chi connectivity index (χ1v) is 5.13. The number of imide groups is 2. The zero-order valence-corrected chi connectivity index (χ0v) is 9.53. The van der Waals surface area contributed by atoms with Crippen LogP contribution in [0.5, 0.6) is 0 Å². The van der Waals surface area contributed by atoms with Crippen molar-refractivity contribution in [3.8, 4) is 0 Å². The van der Waals surface area contributed by atoms with Gasteiger partial charge >= 0.3 is 17.8 Å². The average Bonchev–Trinajstić information content (AvgIpc) is 2.54. The fourth-order valence-electron chi connectivity index (χ4n) is 1.30. The van der Waals surface area contributed by atoms with E-state index in [1.807, 2.05) is 0 Å². The van der Waals surface area contributed by atoms with Gasteiger partial charge in [-0.2, -0.15) is 0 Å². The van der Waals surface area contributed by atoms with Crippen molar-refractivity contribution in [2.24, 2.45) is 0 Å². The number of hydrogen-bond acceptors (Lipinski definition) is 4. The number of hydrogen-bond donors (Lipinski definition) is 1. The third kappa shape index (κ3) is 2.18. The first kappa shape index (κ1) is 12.5. The first-order chi connectivity index (χ1) is 8.50. The summed E-state index contributed by atoms with van der Waals surface area (Å²) in [6.45, 7) is -0.446. The van der Waals surface area contributed by atoms with Gasteiger partial charge in [0.05, 0.1) is 0 Å². The van der Waals surface area contributed by atoms with Gasteiger partial charge in [-0.15, -0.1) is 5.06 Å². The molecular formula is C10H6ClFN2O4. The van der Waals surface area contributed by atoms with E-state index in [1.165, 1.54) is 12.1 Å². The molecule has 4 amide bonds. The van der Waals surface area contributed by atoms with Crippen LogP contribution < -0.4 is 5.32 Å². The summed E-state index contributed by atoms with van der Waals surface area (Å²) in [7, 11) is 0. The number of halogens is 2. The molecule has 0 radical (unpaired) electrons. The highest BCUT2D eigenvalue weighted by Crippen LogP contribution is 2.20. The number of carbonyl (C=O) groups is 3. The minimum atomic E-state index is -1.16. The predicted molar refractivity (Wildman–Crippen MR) is 56.6 cm³/mol. The SMILES string of the molecule is O=C1NC(=O)N(OCc2c(F)cccc2Cl)C1=O. The quantitative estimate of drug-likeness (QED) is 0.658. The Labute approximate surface area is 105 Å². The summed E-state index contributed by atoms with van der Waals surface area (Å²) in [6.07, 6.45) is 0. The van der Waals surface area contributed by atoms with Crippen LogP contribution in [-0.4, -0.2) is 22.9 Å². The van der Waals surface area contributed by atoms with Gasteiger partial charge in [-0.05, 0) is 12.1 Å². The molecule has 1 aliphatic heterocycles. The molecule has 1 N–H and O–H groups in total. The minimum absolute atomic E-state index is 0.0147. The van der Waals surface area contributed by atoms with Crippen LogP contribution >= 0.6 is 11.6 Å². The van der Waals surface area contributed by atoms with Crippen molar-refractivity contribution < 1.29 is 23.6 Å². The van der Waals surface area contributed by atoms with Crippen molar-refractivity contribution in [1.82, 2.24) is 10.4 Å².